The van der Waals surface area contributed by atoms with Gasteiger partial charge < -0.3 is 10.8 Å². The molecule has 1 aromatic heterocycles. The molecular weight excluding hydrogens is 384 g/mol. The molecule has 3 N–H and O–H groups in total. The number of rotatable bonds is 8. The first kappa shape index (κ1) is 22.0. The van der Waals surface area contributed by atoms with Gasteiger partial charge in [-0.2, -0.15) is 0 Å². The molecular formula is C22H30N4O4. The van der Waals surface area contributed by atoms with E-state index in [2.05, 4.69) is 0 Å². The van der Waals surface area contributed by atoms with Crippen LogP contribution in [0.5, 0.6) is 0 Å². The SMILES string of the molecule is Cn1c(=O)c(C(=O)CN(CCO)C2CCCCC2)c(N)n(Cc2ccccc2)c1=O. The third-order valence-electron chi connectivity index (χ3n) is 5.87. The Balaban J connectivity index is 1.94. The quantitative estimate of drug-likeness (QED) is 0.623. The zero-order chi connectivity index (χ0) is 21.7. The van der Waals surface area contributed by atoms with E-state index >= 15 is 0 Å². The van der Waals surface area contributed by atoms with E-state index in [-0.39, 0.29) is 37.1 Å². The van der Waals surface area contributed by atoms with E-state index in [0.29, 0.717) is 6.54 Å². The molecule has 1 heterocycles. The summed E-state index contributed by atoms with van der Waals surface area (Å²) in [6.07, 6.45) is 5.29. The number of nitrogens with two attached hydrogens (primary N) is 1. The van der Waals surface area contributed by atoms with Crippen LogP contribution in [0.3, 0.4) is 0 Å². The van der Waals surface area contributed by atoms with E-state index in [4.69, 9.17) is 5.73 Å². The molecule has 0 spiro atoms. The monoisotopic (exact) mass is 414 g/mol. The molecule has 0 atom stereocenters. The first-order chi connectivity index (χ1) is 14.4. The minimum absolute atomic E-state index is 0.00575. The largest absolute Gasteiger partial charge is 0.395 e. The van der Waals surface area contributed by atoms with Crippen LogP contribution in [0, 0.1) is 0 Å². The topological polar surface area (TPSA) is 111 Å². The Morgan fingerprint density at radius 1 is 1.17 bits per heavy atom. The first-order valence-corrected chi connectivity index (χ1v) is 10.5. The fourth-order valence-corrected chi connectivity index (χ4v) is 4.19. The fraction of sp³-hybridized carbons (Fsp3) is 0.500. The Kier molecular flexibility index (Phi) is 7.23. The number of carbonyl (C=O) groups excluding carboxylic acids is 1. The van der Waals surface area contributed by atoms with Gasteiger partial charge in [-0.25, -0.2) is 4.79 Å². The highest BCUT2D eigenvalue weighted by molar-refractivity contribution is 6.01. The molecule has 1 aliphatic rings. The third kappa shape index (κ3) is 4.71. The molecule has 0 amide bonds. The zero-order valence-corrected chi connectivity index (χ0v) is 17.4. The van der Waals surface area contributed by atoms with Gasteiger partial charge in [0, 0.05) is 19.6 Å². The van der Waals surface area contributed by atoms with E-state index in [9.17, 15) is 19.5 Å². The van der Waals surface area contributed by atoms with E-state index in [1.54, 1.807) is 0 Å². The summed E-state index contributed by atoms with van der Waals surface area (Å²) >= 11 is 0. The van der Waals surface area contributed by atoms with Crippen molar-refractivity contribution in [2.75, 3.05) is 25.4 Å². The summed E-state index contributed by atoms with van der Waals surface area (Å²) in [6.45, 7) is 0.460. The maximum absolute atomic E-state index is 13.2. The molecule has 1 fully saturated rings. The molecule has 3 rings (SSSR count). The Hall–Kier alpha value is -2.71. The molecule has 0 aliphatic heterocycles. The van der Waals surface area contributed by atoms with Crippen molar-refractivity contribution < 1.29 is 9.90 Å². The average Bonchev–Trinajstić information content (AvgIpc) is 2.76. The summed E-state index contributed by atoms with van der Waals surface area (Å²) in [5.74, 6) is -0.529. The summed E-state index contributed by atoms with van der Waals surface area (Å²) < 4.78 is 2.20. The number of aliphatic hydroxyl groups is 1. The lowest BCUT2D eigenvalue weighted by atomic mass is 9.94. The van der Waals surface area contributed by atoms with E-state index in [0.717, 1.165) is 35.8 Å². The van der Waals surface area contributed by atoms with Crippen molar-refractivity contribution in [2.45, 2.75) is 44.7 Å². The summed E-state index contributed by atoms with van der Waals surface area (Å²) in [5, 5.41) is 9.46. The van der Waals surface area contributed by atoms with Crippen molar-refractivity contribution in [2.24, 2.45) is 7.05 Å². The van der Waals surface area contributed by atoms with E-state index in [1.807, 2.05) is 35.2 Å². The maximum Gasteiger partial charge on any atom is 0.332 e. The number of aromatic nitrogens is 2. The first-order valence-electron chi connectivity index (χ1n) is 10.5. The molecule has 162 valence electrons. The maximum atomic E-state index is 13.2. The summed E-state index contributed by atoms with van der Waals surface area (Å²) in [5.41, 5.74) is 5.63. The lowest BCUT2D eigenvalue weighted by Crippen LogP contribution is -2.46. The summed E-state index contributed by atoms with van der Waals surface area (Å²) in [4.78, 5) is 40.5. The van der Waals surface area contributed by atoms with Crippen molar-refractivity contribution in [3.63, 3.8) is 0 Å². The van der Waals surface area contributed by atoms with Gasteiger partial charge in [-0.3, -0.25) is 23.6 Å². The van der Waals surface area contributed by atoms with Crippen molar-refractivity contribution in [1.82, 2.24) is 14.0 Å². The predicted molar refractivity (Wildman–Crippen MR) is 116 cm³/mol. The third-order valence-corrected chi connectivity index (χ3v) is 5.87. The van der Waals surface area contributed by atoms with E-state index < -0.39 is 17.0 Å². The smallest absolute Gasteiger partial charge is 0.332 e. The number of Topliss-reactive ketones (excluding diaryl/α,β-unsaturated/α-hetero) is 1. The number of carbonyl (C=O) groups is 1. The highest BCUT2D eigenvalue weighted by Crippen LogP contribution is 2.23. The lowest BCUT2D eigenvalue weighted by Gasteiger charge is -2.33. The molecule has 0 bridgehead atoms. The van der Waals surface area contributed by atoms with Crippen molar-refractivity contribution in [3.05, 3.63) is 62.3 Å². The normalized spacial score (nSPS) is 14.9. The lowest BCUT2D eigenvalue weighted by molar-refractivity contribution is 0.0813. The van der Waals surface area contributed by atoms with E-state index in [1.165, 1.54) is 18.0 Å². The molecule has 0 saturated heterocycles. The molecule has 0 unspecified atom stereocenters. The van der Waals surface area contributed by atoms with Gasteiger partial charge in [-0.15, -0.1) is 0 Å². The molecule has 1 aromatic carbocycles. The number of nitrogen functional groups attached to an aromatic ring is 1. The molecule has 8 heteroatoms. The van der Waals surface area contributed by atoms with Gasteiger partial charge in [0.2, 0.25) is 0 Å². The standard InChI is InChI=1S/C22H30N4O4/c1-24-21(29)19(18(28)15-25(12-13-27)17-10-6-3-7-11-17)20(23)26(22(24)30)14-16-8-4-2-5-9-16/h2,4-5,8-9,17,27H,3,6-7,10-15,23H2,1H3. The number of benzene rings is 1. The van der Waals surface area contributed by atoms with Crippen molar-refractivity contribution >= 4 is 11.6 Å². The number of hydrogen-bond acceptors (Lipinski definition) is 6. The Bertz CT molecular complexity index is 991. The second-order valence-corrected chi connectivity index (χ2v) is 7.89. The predicted octanol–water partition coefficient (Wildman–Crippen LogP) is 0.987. The number of aliphatic hydroxyl groups excluding tert-OH is 1. The van der Waals surface area contributed by atoms with Gasteiger partial charge in [0.05, 0.1) is 19.7 Å². The van der Waals surface area contributed by atoms with Crippen LogP contribution in [0.25, 0.3) is 0 Å². The zero-order valence-electron chi connectivity index (χ0n) is 17.4. The van der Waals surface area contributed by atoms with Crippen LogP contribution in [-0.4, -0.2) is 50.7 Å². The number of anilines is 1. The van der Waals surface area contributed by atoms with Crippen molar-refractivity contribution in [3.8, 4) is 0 Å². The molecule has 1 aliphatic carbocycles. The van der Waals surface area contributed by atoms with Crippen LogP contribution in [0.2, 0.25) is 0 Å². The number of ketones is 1. The van der Waals surface area contributed by atoms with Crippen LogP contribution in [0.4, 0.5) is 5.82 Å². The molecule has 0 radical (unpaired) electrons. The van der Waals surface area contributed by atoms with Gasteiger partial charge in [0.25, 0.3) is 5.56 Å². The van der Waals surface area contributed by atoms with Crippen molar-refractivity contribution in [1.29, 1.82) is 0 Å². The molecule has 2 aromatic rings. The van der Waals surface area contributed by atoms with Gasteiger partial charge in [0.15, 0.2) is 5.78 Å². The second-order valence-electron chi connectivity index (χ2n) is 7.89. The molecule has 30 heavy (non-hydrogen) atoms. The van der Waals surface area contributed by atoms with Crippen LogP contribution >= 0.6 is 0 Å². The highest BCUT2D eigenvalue weighted by Gasteiger charge is 2.27. The number of nitrogens with zero attached hydrogens (tertiary/aromatic N) is 3. The Morgan fingerprint density at radius 2 is 1.83 bits per heavy atom. The van der Waals surface area contributed by atoms with Gasteiger partial charge in [0.1, 0.15) is 11.4 Å². The van der Waals surface area contributed by atoms with Crippen LogP contribution < -0.4 is 17.0 Å². The minimum atomic E-state index is -0.681. The average molecular weight is 415 g/mol. The Morgan fingerprint density at radius 3 is 2.47 bits per heavy atom. The number of hydrogen-bond donors (Lipinski definition) is 2. The second kappa shape index (κ2) is 9.86. The highest BCUT2D eigenvalue weighted by atomic mass is 16.3. The Labute approximate surface area is 175 Å². The molecule has 1 saturated carbocycles. The summed E-state index contributed by atoms with van der Waals surface area (Å²) in [7, 11) is 1.36. The fourth-order valence-electron chi connectivity index (χ4n) is 4.19. The molecule has 8 nitrogen and oxygen atoms in total. The van der Waals surface area contributed by atoms with Crippen LogP contribution in [-0.2, 0) is 13.6 Å². The van der Waals surface area contributed by atoms with Crippen LogP contribution in [0.15, 0.2) is 39.9 Å². The summed E-state index contributed by atoms with van der Waals surface area (Å²) in [6, 6.07) is 9.47. The van der Waals surface area contributed by atoms with Gasteiger partial charge in [-0.05, 0) is 18.4 Å². The van der Waals surface area contributed by atoms with Gasteiger partial charge in [-0.1, -0.05) is 49.6 Å². The van der Waals surface area contributed by atoms with Crippen LogP contribution in [0.1, 0.15) is 48.0 Å². The van der Waals surface area contributed by atoms with Gasteiger partial charge >= 0.3 is 5.69 Å². The minimum Gasteiger partial charge on any atom is -0.395 e.